The van der Waals surface area contributed by atoms with E-state index >= 15 is 0 Å². The van der Waals surface area contributed by atoms with Gasteiger partial charge in [0.25, 0.3) is 5.91 Å². The third-order valence-electron chi connectivity index (χ3n) is 5.92. The summed E-state index contributed by atoms with van der Waals surface area (Å²) in [6.45, 7) is 1.46. The number of carbonyl (C=O) groups excluding carboxylic acids is 1. The first kappa shape index (κ1) is 20.8. The number of aryl methyl sites for hydroxylation is 1. The van der Waals surface area contributed by atoms with Gasteiger partial charge < -0.3 is 14.4 Å². The summed E-state index contributed by atoms with van der Waals surface area (Å²) in [5.41, 5.74) is 5.85. The van der Waals surface area contributed by atoms with Crippen LogP contribution in [0, 0.1) is 0 Å². The summed E-state index contributed by atoms with van der Waals surface area (Å²) in [5.74, 6) is 1.38. The van der Waals surface area contributed by atoms with Crippen molar-refractivity contribution in [1.82, 2.24) is 14.7 Å². The van der Waals surface area contributed by atoms with Gasteiger partial charge in [0.2, 0.25) is 0 Å². The van der Waals surface area contributed by atoms with Gasteiger partial charge in [-0.2, -0.15) is 5.10 Å². The van der Waals surface area contributed by atoms with E-state index in [0.717, 1.165) is 33.6 Å². The van der Waals surface area contributed by atoms with Crippen molar-refractivity contribution in [1.29, 1.82) is 0 Å². The second kappa shape index (κ2) is 8.82. The highest BCUT2D eigenvalue weighted by Crippen LogP contribution is 2.33. The van der Waals surface area contributed by atoms with E-state index in [-0.39, 0.29) is 5.91 Å². The van der Waals surface area contributed by atoms with Gasteiger partial charge in [0.1, 0.15) is 18.1 Å². The molecule has 1 aliphatic rings. The van der Waals surface area contributed by atoms with E-state index in [0.29, 0.717) is 31.0 Å². The summed E-state index contributed by atoms with van der Waals surface area (Å²) in [4.78, 5) is 15.1. The molecule has 0 atom stereocenters. The van der Waals surface area contributed by atoms with Gasteiger partial charge in [0, 0.05) is 37.5 Å². The third kappa shape index (κ3) is 4.20. The summed E-state index contributed by atoms with van der Waals surface area (Å²) in [5, 5.41) is 4.23. The Balaban J connectivity index is 1.30. The summed E-state index contributed by atoms with van der Waals surface area (Å²) in [7, 11) is 3.55. The minimum absolute atomic E-state index is 0.00281. The predicted molar refractivity (Wildman–Crippen MR) is 126 cm³/mol. The van der Waals surface area contributed by atoms with Crippen molar-refractivity contribution < 1.29 is 14.3 Å². The topological polar surface area (TPSA) is 56.6 Å². The molecule has 0 saturated carbocycles. The summed E-state index contributed by atoms with van der Waals surface area (Å²) in [6.07, 6.45) is 3.84. The number of fused-ring (bicyclic) bond motifs is 1. The summed E-state index contributed by atoms with van der Waals surface area (Å²) >= 11 is 0. The smallest absolute Gasteiger partial charge is 0.258 e. The molecular weight excluding hydrogens is 414 g/mol. The van der Waals surface area contributed by atoms with Gasteiger partial charge in [0.05, 0.1) is 18.9 Å². The molecule has 0 unspecified atom stereocenters. The zero-order valence-electron chi connectivity index (χ0n) is 18.7. The van der Waals surface area contributed by atoms with Crippen molar-refractivity contribution in [2.75, 3.05) is 7.11 Å². The molecule has 0 spiro atoms. The van der Waals surface area contributed by atoms with E-state index in [1.54, 1.807) is 11.8 Å². The molecule has 6 heteroatoms. The molecule has 1 aromatic heterocycles. The first-order valence-corrected chi connectivity index (χ1v) is 10.9. The lowest BCUT2D eigenvalue weighted by atomic mass is 10.1. The normalized spacial score (nSPS) is 12.7. The van der Waals surface area contributed by atoms with Gasteiger partial charge in [-0.05, 0) is 28.8 Å². The van der Waals surface area contributed by atoms with E-state index in [1.807, 2.05) is 66.8 Å². The molecule has 4 aromatic rings. The van der Waals surface area contributed by atoms with Crippen LogP contribution >= 0.6 is 0 Å². The average Bonchev–Trinajstić information content (AvgIpc) is 3.42. The van der Waals surface area contributed by atoms with Gasteiger partial charge in [-0.15, -0.1) is 0 Å². The molecule has 1 aliphatic heterocycles. The number of carbonyl (C=O) groups is 1. The molecule has 33 heavy (non-hydrogen) atoms. The Morgan fingerprint density at radius 2 is 1.73 bits per heavy atom. The molecule has 0 fully saturated rings. The molecule has 2 heterocycles. The molecule has 0 aliphatic carbocycles. The van der Waals surface area contributed by atoms with Gasteiger partial charge >= 0.3 is 0 Å². The lowest BCUT2D eigenvalue weighted by Crippen LogP contribution is -2.23. The number of nitrogens with zero attached hydrogens (tertiary/aromatic N) is 3. The molecule has 0 radical (unpaired) electrons. The van der Waals surface area contributed by atoms with Crippen LogP contribution in [0.4, 0.5) is 0 Å². The number of ether oxygens (including phenoxy) is 2. The van der Waals surface area contributed by atoms with Gasteiger partial charge in [0.15, 0.2) is 0 Å². The maximum Gasteiger partial charge on any atom is 0.258 e. The number of hydrogen-bond donors (Lipinski definition) is 0. The Kier molecular flexibility index (Phi) is 5.57. The molecule has 0 N–H and O–H groups in total. The van der Waals surface area contributed by atoms with Crippen LogP contribution < -0.4 is 9.47 Å². The lowest BCUT2D eigenvalue weighted by Gasteiger charge is -2.16. The van der Waals surface area contributed by atoms with E-state index in [9.17, 15) is 4.79 Å². The lowest BCUT2D eigenvalue weighted by molar-refractivity contribution is 0.0763. The van der Waals surface area contributed by atoms with E-state index in [4.69, 9.17) is 9.47 Å². The van der Waals surface area contributed by atoms with Crippen LogP contribution in [0.3, 0.4) is 0 Å². The fourth-order valence-electron chi connectivity index (χ4n) is 4.21. The Hall–Kier alpha value is -4.06. The van der Waals surface area contributed by atoms with E-state index in [2.05, 4.69) is 29.4 Å². The fourth-order valence-corrected chi connectivity index (χ4v) is 4.21. The molecule has 3 aromatic carbocycles. The monoisotopic (exact) mass is 439 g/mol. The molecule has 166 valence electrons. The van der Waals surface area contributed by atoms with Crippen LogP contribution in [0.15, 0.2) is 79.1 Å². The number of rotatable bonds is 7. The molecule has 6 nitrogen and oxygen atoms in total. The third-order valence-corrected chi connectivity index (χ3v) is 5.92. The SMILES string of the molecule is COc1ccccc1COc1cccc2c1C(=O)N(Cc1ccc(-c3cnn(C)c3)cc1)C2. The van der Waals surface area contributed by atoms with Crippen LogP contribution in [-0.2, 0) is 26.7 Å². The van der Waals surface area contributed by atoms with Gasteiger partial charge in [-0.25, -0.2) is 0 Å². The number of benzene rings is 3. The Morgan fingerprint density at radius 3 is 2.48 bits per heavy atom. The fraction of sp³-hybridized carbons (Fsp3) is 0.185. The largest absolute Gasteiger partial charge is 0.496 e. The summed E-state index contributed by atoms with van der Waals surface area (Å²) < 4.78 is 13.3. The van der Waals surface area contributed by atoms with Crippen molar-refractivity contribution in [3.05, 3.63) is 101 Å². The second-order valence-corrected chi connectivity index (χ2v) is 8.15. The maximum atomic E-state index is 13.3. The quantitative estimate of drug-likeness (QED) is 0.414. The van der Waals surface area contributed by atoms with Crippen molar-refractivity contribution in [3.63, 3.8) is 0 Å². The zero-order valence-corrected chi connectivity index (χ0v) is 18.7. The van der Waals surface area contributed by atoms with Gasteiger partial charge in [-0.3, -0.25) is 9.48 Å². The predicted octanol–water partition coefficient (Wildman–Crippen LogP) is 4.83. The number of aromatic nitrogens is 2. The highest BCUT2D eigenvalue weighted by atomic mass is 16.5. The van der Waals surface area contributed by atoms with Crippen LogP contribution in [0.5, 0.6) is 11.5 Å². The van der Waals surface area contributed by atoms with Crippen molar-refractivity contribution in [2.45, 2.75) is 19.7 Å². The second-order valence-electron chi connectivity index (χ2n) is 8.15. The minimum Gasteiger partial charge on any atom is -0.496 e. The highest BCUT2D eigenvalue weighted by Gasteiger charge is 2.30. The van der Waals surface area contributed by atoms with Gasteiger partial charge in [-0.1, -0.05) is 54.6 Å². The number of hydrogen-bond acceptors (Lipinski definition) is 4. The van der Waals surface area contributed by atoms with Crippen LogP contribution in [-0.4, -0.2) is 27.7 Å². The zero-order chi connectivity index (χ0) is 22.8. The number of para-hydroxylation sites is 1. The summed E-state index contributed by atoms with van der Waals surface area (Å²) in [6, 6.07) is 21.8. The van der Waals surface area contributed by atoms with Crippen LogP contribution in [0.25, 0.3) is 11.1 Å². The number of amides is 1. The van der Waals surface area contributed by atoms with Crippen molar-refractivity contribution in [3.8, 4) is 22.6 Å². The standard InChI is InChI=1S/C27H25N3O3/c1-29-16-23(14-28-29)20-12-10-19(11-13-20)15-30-17-21-7-5-9-25(26(21)27(30)31)33-18-22-6-3-4-8-24(22)32-2/h3-14,16H,15,17-18H2,1-2H3. The Labute approximate surface area is 193 Å². The molecule has 5 rings (SSSR count). The first-order chi connectivity index (χ1) is 16.1. The van der Waals surface area contributed by atoms with Crippen molar-refractivity contribution >= 4 is 5.91 Å². The molecule has 0 saturated heterocycles. The van der Waals surface area contributed by atoms with Crippen molar-refractivity contribution in [2.24, 2.45) is 7.05 Å². The molecule has 0 bridgehead atoms. The highest BCUT2D eigenvalue weighted by molar-refractivity contribution is 6.01. The molecule has 1 amide bonds. The van der Waals surface area contributed by atoms with E-state index in [1.165, 1.54) is 0 Å². The first-order valence-electron chi connectivity index (χ1n) is 10.9. The Morgan fingerprint density at radius 1 is 0.939 bits per heavy atom. The average molecular weight is 440 g/mol. The van der Waals surface area contributed by atoms with Crippen LogP contribution in [0.1, 0.15) is 27.0 Å². The number of methoxy groups -OCH3 is 1. The molecular formula is C27H25N3O3. The maximum absolute atomic E-state index is 13.3. The van der Waals surface area contributed by atoms with Crippen LogP contribution in [0.2, 0.25) is 0 Å². The minimum atomic E-state index is -0.00281. The Bertz CT molecular complexity index is 1290. The van der Waals surface area contributed by atoms with E-state index < -0.39 is 0 Å².